The summed E-state index contributed by atoms with van der Waals surface area (Å²) < 4.78 is 90.3. The highest BCUT2D eigenvalue weighted by molar-refractivity contribution is 6.01. The molecule has 23 nitrogen and oxygen atoms in total. The van der Waals surface area contributed by atoms with Crippen molar-refractivity contribution in [3.8, 4) is 0 Å². The number of carbonyl (C=O) groups excluding carboxylic acids is 3. The van der Waals surface area contributed by atoms with E-state index in [1.165, 1.54) is 11.1 Å². The Morgan fingerprint density at radius 2 is 0.802 bits per heavy atom. The van der Waals surface area contributed by atoms with Crippen LogP contribution in [0.4, 0.5) is 11.4 Å². The molecule has 0 saturated carbocycles. The quantitative estimate of drug-likeness (QED) is 0.0373. The number of para-hydroxylation sites is 2. The molecule has 510 valence electrons. The lowest BCUT2D eigenvalue weighted by atomic mass is 9.71. The van der Waals surface area contributed by atoms with Gasteiger partial charge in [-0.1, -0.05) is 79.8 Å². The third-order valence-electron chi connectivity index (χ3n) is 15.1. The lowest BCUT2D eigenvalue weighted by molar-refractivity contribution is -0.198. The van der Waals surface area contributed by atoms with E-state index in [-0.39, 0.29) is 43.3 Å². The summed E-state index contributed by atoms with van der Waals surface area (Å²) in [6.07, 6.45) is 18.5. The number of hydrogen-bond donors (Lipinski definition) is 0. The van der Waals surface area contributed by atoms with Gasteiger partial charge in [0, 0.05) is 94.6 Å². The largest absolute Gasteiger partial charge is 0.382 e. The molecule has 0 spiro atoms. The molecule has 0 aromatic heterocycles. The maximum atomic E-state index is 12.0. The van der Waals surface area contributed by atoms with E-state index in [1.807, 2.05) is 0 Å². The predicted molar refractivity (Wildman–Crippen MR) is 343 cm³/mol. The second kappa shape index (κ2) is 47.6. The van der Waals surface area contributed by atoms with Crippen LogP contribution in [-0.4, -0.2) is 249 Å². The highest BCUT2D eigenvalue weighted by Crippen LogP contribution is 2.50. The molecule has 23 heteroatoms. The zero-order chi connectivity index (χ0) is 64.7. The van der Waals surface area contributed by atoms with Crippen LogP contribution in [0.2, 0.25) is 0 Å². The zero-order valence-corrected chi connectivity index (χ0v) is 54.7. The van der Waals surface area contributed by atoms with Gasteiger partial charge in [0.05, 0.1) is 185 Å². The number of benzene rings is 2. The van der Waals surface area contributed by atoms with Gasteiger partial charge in [0.25, 0.3) is 11.8 Å². The number of hydroxylamine groups is 2. The molecule has 0 radical (unpaired) electrons. The van der Waals surface area contributed by atoms with E-state index < -0.39 is 17.8 Å². The third-order valence-corrected chi connectivity index (χ3v) is 15.1. The molecule has 2 aromatic rings. The number of carbonyl (C=O) groups is 3. The Bertz CT molecular complexity index is 2460. The van der Waals surface area contributed by atoms with Gasteiger partial charge in [0.2, 0.25) is 0 Å². The summed E-state index contributed by atoms with van der Waals surface area (Å²) in [6.45, 7) is 19.3. The topological polar surface area (TPSA) is 218 Å². The molecular weight excluding hydrogens is 1180 g/mol. The summed E-state index contributed by atoms with van der Waals surface area (Å²) in [5.74, 6) is -1.75. The summed E-state index contributed by atoms with van der Waals surface area (Å²) in [7, 11) is 4.96. The minimum absolute atomic E-state index is 0.0422. The highest BCUT2D eigenvalue weighted by atomic mass is 16.7. The number of allylic oxidation sites excluding steroid dienone is 9. The van der Waals surface area contributed by atoms with Gasteiger partial charge in [-0.05, 0) is 54.7 Å². The Morgan fingerprint density at radius 1 is 0.429 bits per heavy atom. The van der Waals surface area contributed by atoms with Crippen LogP contribution in [0, 0.1) is 0 Å². The standard InChI is InChI=1S/C68H103N3O20/c1-67(24-29-79-40-45-87-52-49-83-36-33-75-3)58(57-69(61-18-13-11-16-59(61)67)26-31-81-42-47-89-54-51-85-38-35-77-5)15-9-7-6-8-10-20-63-68(2,25-30-80-41-46-88-53-50-84-37-34-76-4)60-17-12-14-19-62(60)70(63)27-32-82-43-48-90-56-55-86-44-39-78-28-23-66(74)91-71-64(72)21-22-65(71)73/h6-20,57H,21-56H2,1-5H3/b7-6+,10-8+,15-9+,63-20+. The Hall–Kier alpha value is -5.29. The molecule has 3 heterocycles. The minimum atomic E-state index is -0.709. The van der Waals surface area contributed by atoms with Crippen molar-refractivity contribution in [2.45, 2.75) is 56.8 Å². The Balaban J connectivity index is 1.18. The number of amides is 2. The maximum Gasteiger partial charge on any atom is 0.335 e. The van der Waals surface area contributed by atoms with Crippen molar-refractivity contribution in [3.63, 3.8) is 0 Å². The first-order valence-electron chi connectivity index (χ1n) is 31.9. The van der Waals surface area contributed by atoms with Crippen LogP contribution < -0.4 is 9.80 Å². The molecule has 2 amide bonds. The molecule has 2 aromatic carbocycles. The molecule has 2 atom stereocenters. The van der Waals surface area contributed by atoms with Gasteiger partial charge >= 0.3 is 5.97 Å². The molecule has 2 unspecified atom stereocenters. The molecule has 3 aliphatic heterocycles. The Kier molecular flexibility index (Phi) is 39.9. The second-order valence-corrected chi connectivity index (χ2v) is 21.5. The van der Waals surface area contributed by atoms with Crippen molar-refractivity contribution in [2.75, 3.05) is 236 Å². The van der Waals surface area contributed by atoms with Crippen molar-refractivity contribution < 1.29 is 95.0 Å². The van der Waals surface area contributed by atoms with Crippen LogP contribution in [0.15, 0.2) is 109 Å². The van der Waals surface area contributed by atoms with Gasteiger partial charge in [-0.3, -0.25) is 9.59 Å². The molecule has 91 heavy (non-hydrogen) atoms. The van der Waals surface area contributed by atoms with Crippen LogP contribution in [0.3, 0.4) is 0 Å². The Morgan fingerprint density at radius 3 is 1.29 bits per heavy atom. The number of nitrogens with zero attached hydrogens (tertiary/aromatic N) is 3. The van der Waals surface area contributed by atoms with Crippen molar-refractivity contribution in [2.24, 2.45) is 0 Å². The fourth-order valence-electron chi connectivity index (χ4n) is 10.1. The van der Waals surface area contributed by atoms with Gasteiger partial charge < -0.3 is 90.4 Å². The van der Waals surface area contributed by atoms with E-state index in [0.717, 1.165) is 35.5 Å². The monoisotopic (exact) mass is 1280 g/mol. The fraction of sp³-hybridized carbons (Fsp3) is 0.632. The summed E-state index contributed by atoms with van der Waals surface area (Å²) in [5.41, 5.74) is 6.28. The third kappa shape index (κ3) is 28.9. The van der Waals surface area contributed by atoms with E-state index in [0.29, 0.717) is 197 Å². The second-order valence-electron chi connectivity index (χ2n) is 21.5. The van der Waals surface area contributed by atoms with Crippen LogP contribution in [0.1, 0.15) is 57.1 Å². The summed E-state index contributed by atoms with van der Waals surface area (Å²) in [6, 6.07) is 17.1. The lowest BCUT2D eigenvalue weighted by Crippen LogP contribution is -2.36. The predicted octanol–water partition coefficient (Wildman–Crippen LogP) is 6.91. The molecular formula is C68H103N3O20. The van der Waals surface area contributed by atoms with Gasteiger partial charge in [0.1, 0.15) is 0 Å². The number of methoxy groups -OCH3 is 3. The average Bonchev–Trinajstić information content (AvgIpc) is 1.78. The van der Waals surface area contributed by atoms with Crippen LogP contribution in [0.5, 0.6) is 0 Å². The molecule has 1 saturated heterocycles. The van der Waals surface area contributed by atoms with E-state index in [2.05, 4.69) is 121 Å². The first kappa shape index (κ1) is 76.4. The minimum Gasteiger partial charge on any atom is -0.382 e. The van der Waals surface area contributed by atoms with Crippen molar-refractivity contribution in [1.29, 1.82) is 0 Å². The smallest absolute Gasteiger partial charge is 0.335 e. The number of hydrogen-bond acceptors (Lipinski definition) is 22. The maximum absolute atomic E-state index is 12.0. The molecule has 0 N–H and O–H groups in total. The summed E-state index contributed by atoms with van der Waals surface area (Å²) >= 11 is 0. The zero-order valence-electron chi connectivity index (χ0n) is 54.7. The van der Waals surface area contributed by atoms with Crippen molar-refractivity contribution >= 4 is 29.2 Å². The van der Waals surface area contributed by atoms with Crippen LogP contribution in [-0.2, 0) is 106 Å². The van der Waals surface area contributed by atoms with E-state index in [1.54, 1.807) is 21.3 Å². The normalized spacial score (nSPS) is 17.9. The van der Waals surface area contributed by atoms with Gasteiger partial charge in [0.15, 0.2) is 0 Å². The first-order chi connectivity index (χ1) is 44.7. The Labute approximate surface area is 539 Å². The van der Waals surface area contributed by atoms with E-state index in [9.17, 15) is 14.4 Å². The highest BCUT2D eigenvalue weighted by Gasteiger charge is 2.43. The fourth-order valence-corrected chi connectivity index (χ4v) is 10.1. The van der Waals surface area contributed by atoms with Gasteiger partial charge in [-0.15, -0.1) is 5.06 Å². The van der Waals surface area contributed by atoms with Gasteiger partial charge in [-0.2, -0.15) is 0 Å². The number of ether oxygens (including phenoxy) is 16. The molecule has 0 bridgehead atoms. The number of fused-ring (bicyclic) bond motifs is 2. The van der Waals surface area contributed by atoms with E-state index >= 15 is 0 Å². The summed E-state index contributed by atoms with van der Waals surface area (Å²) in [4.78, 5) is 44.8. The molecule has 5 rings (SSSR count). The lowest BCUT2D eigenvalue weighted by Gasteiger charge is -2.41. The SMILES string of the molecule is COCCOCCOCCOCCN1C=C(/C=C/C=C/C=C/C=C2/N(CCOCCOCCOCCOCCC(=O)ON3C(=O)CCC3=O)c3ccccc3C2(C)CCOCCOCCOCCOC)C(C)(CCOCCOCCOCCOC)c2ccccc21. The first-order valence-corrected chi connectivity index (χ1v) is 31.9. The number of anilines is 2. The molecule has 0 aliphatic carbocycles. The number of imide groups is 1. The van der Waals surface area contributed by atoms with Crippen molar-refractivity contribution in [3.05, 3.63) is 120 Å². The molecule has 1 fully saturated rings. The number of rotatable bonds is 56. The molecule has 3 aliphatic rings. The van der Waals surface area contributed by atoms with Crippen LogP contribution >= 0.6 is 0 Å². The average molecular weight is 1280 g/mol. The van der Waals surface area contributed by atoms with Crippen molar-refractivity contribution in [1.82, 2.24) is 5.06 Å². The summed E-state index contributed by atoms with van der Waals surface area (Å²) in [5, 5.41) is 0.529. The van der Waals surface area contributed by atoms with Crippen LogP contribution in [0.25, 0.3) is 0 Å². The van der Waals surface area contributed by atoms with Gasteiger partial charge in [-0.25, -0.2) is 4.79 Å². The van der Waals surface area contributed by atoms with E-state index in [4.69, 9.17) is 80.6 Å².